The molecule has 84 valence electrons. The van der Waals surface area contributed by atoms with Crippen molar-refractivity contribution < 1.29 is 4.39 Å². The molecule has 15 heavy (non-hydrogen) atoms. The molecule has 0 saturated heterocycles. The van der Waals surface area contributed by atoms with Crippen LogP contribution < -0.4 is 5.73 Å². The van der Waals surface area contributed by atoms with Crippen LogP contribution >= 0.6 is 0 Å². The summed E-state index contributed by atoms with van der Waals surface area (Å²) in [6, 6.07) is 6.72. The van der Waals surface area contributed by atoms with E-state index in [4.69, 9.17) is 5.73 Å². The van der Waals surface area contributed by atoms with Gasteiger partial charge in [-0.05, 0) is 42.5 Å². The van der Waals surface area contributed by atoms with Crippen LogP contribution in [0, 0.1) is 11.2 Å². The van der Waals surface area contributed by atoms with Crippen LogP contribution in [-0.4, -0.2) is 6.54 Å². The quantitative estimate of drug-likeness (QED) is 0.792. The summed E-state index contributed by atoms with van der Waals surface area (Å²) in [5, 5.41) is 0. The van der Waals surface area contributed by atoms with Gasteiger partial charge < -0.3 is 5.73 Å². The second-order valence-corrected chi connectivity index (χ2v) is 4.57. The van der Waals surface area contributed by atoms with Gasteiger partial charge in [0, 0.05) is 0 Å². The van der Waals surface area contributed by atoms with Crippen molar-refractivity contribution in [1.29, 1.82) is 0 Å². The van der Waals surface area contributed by atoms with Crippen molar-refractivity contribution in [2.24, 2.45) is 11.1 Å². The zero-order valence-electron chi connectivity index (χ0n) is 9.59. The lowest BCUT2D eigenvalue weighted by Crippen LogP contribution is -2.29. The minimum atomic E-state index is -0.177. The van der Waals surface area contributed by atoms with Gasteiger partial charge in [-0.1, -0.05) is 32.4 Å². The fourth-order valence-electron chi connectivity index (χ4n) is 1.96. The highest BCUT2D eigenvalue weighted by atomic mass is 19.1. The van der Waals surface area contributed by atoms with E-state index in [9.17, 15) is 4.39 Å². The molecule has 0 heterocycles. The summed E-state index contributed by atoms with van der Waals surface area (Å²) >= 11 is 0. The number of rotatable bonds is 5. The SMILES string of the molecule is CCCC(C)(CN)Cc1ccc(F)cc1. The molecule has 0 aliphatic carbocycles. The highest BCUT2D eigenvalue weighted by molar-refractivity contribution is 5.17. The smallest absolute Gasteiger partial charge is 0.123 e. The lowest BCUT2D eigenvalue weighted by molar-refractivity contribution is 0.302. The lowest BCUT2D eigenvalue weighted by Gasteiger charge is -2.27. The Balaban J connectivity index is 2.70. The van der Waals surface area contributed by atoms with Crippen molar-refractivity contribution in [3.05, 3.63) is 35.6 Å². The first-order valence-corrected chi connectivity index (χ1v) is 5.54. The zero-order chi connectivity index (χ0) is 11.3. The Morgan fingerprint density at radius 2 is 1.87 bits per heavy atom. The number of hydrogen-bond acceptors (Lipinski definition) is 1. The standard InChI is InChI=1S/C13H20FN/c1-3-8-13(2,10-15)9-11-4-6-12(14)7-5-11/h4-7H,3,8-10,15H2,1-2H3. The Hall–Kier alpha value is -0.890. The summed E-state index contributed by atoms with van der Waals surface area (Å²) in [4.78, 5) is 0. The number of halogens is 1. The van der Waals surface area contributed by atoms with Crippen LogP contribution in [0.5, 0.6) is 0 Å². The molecular weight excluding hydrogens is 189 g/mol. The summed E-state index contributed by atoms with van der Waals surface area (Å²) in [6.07, 6.45) is 3.17. The van der Waals surface area contributed by atoms with E-state index in [1.54, 1.807) is 0 Å². The van der Waals surface area contributed by atoms with Gasteiger partial charge in [-0.2, -0.15) is 0 Å². The molecular formula is C13H20FN. The second kappa shape index (κ2) is 5.26. The third-order valence-corrected chi connectivity index (χ3v) is 2.89. The summed E-state index contributed by atoms with van der Waals surface area (Å²) in [7, 11) is 0. The third kappa shape index (κ3) is 3.63. The summed E-state index contributed by atoms with van der Waals surface area (Å²) in [6.45, 7) is 5.04. The Bertz CT molecular complexity index is 294. The Labute approximate surface area is 91.5 Å². The minimum Gasteiger partial charge on any atom is -0.330 e. The van der Waals surface area contributed by atoms with Crippen LogP contribution in [0.4, 0.5) is 4.39 Å². The molecule has 0 aromatic heterocycles. The fourth-order valence-corrected chi connectivity index (χ4v) is 1.96. The summed E-state index contributed by atoms with van der Waals surface area (Å²) in [5.41, 5.74) is 7.11. The molecule has 0 aliphatic rings. The van der Waals surface area contributed by atoms with Gasteiger partial charge in [-0.3, -0.25) is 0 Å². The van der Waals surface area contributed by atoms with E-state index < -0.39 is 0 Å². The van der Waals surface area contributed by atoms with Gasteiger partial charge in [-0.15, -0.1) is 0 Å². The van der Waals surface area contributed by atoms with Crippen molar-refractivity contribution >= 4 is 0 Å². The first kappa shape index (κ1) is 12.2. The first-order chi connectivity index (χ1) is 7.09. The monoisotopic (exact) mass is 209 g/mol. The molecule has 2 heteroatoms. The van der Waals surface area contributed by atoms with Crippen LogP contribution in [0.3, 0.4) is 0 Å². The molecule has 0 amide bonds. The van der Waals surface area contributed by atoms with Crippen LogP contribution in [0.2, 0.25) is 0 Å². The van der Waals surface area contributed by atoms with Gasteiger partial charge in [0.2, 0.25) is 0 Å². The van der Waals surface area contributed by atoms with Gasteiger partial charge in [0.15, 0.2) is 0 Å². The van der Waals surface area contributed by atoms with Gasteiger partial charge in [0.1, 0.15) is 5.82 Å². The molecule has 0 fully saturated rings. The van der Waals surface area contributed by atoms with Crippen molar-refractivity contribution in [3.63, 3.8) is 0 Å². The fraction of sp³-hybridized carbons (Fsp3) is 0.538. The average Bonchev–Trinajstić information content (AvgIpc) is 2.22. The molecule has 0 spiro atoms. The van der Waals surface area contributed by atoms with E-state index in [0.29, 0.717) is 6.54 Å². The van der Waals surface area contributed by atoms with Crippen molar-refractivity contribution in [2.45, 2.75) is 33.1 Å². The van der Waals surface area contributed by atoms with Crippen molar-refractivity contribution in [1.82, 2.24) is 0 Å². The normalized spacial score (nSPS) is 14.9. The highest BCUT2D eigenvalue weighted by Crippen LogP contribution is 2.26. The zero-order valence-corrected chi connectivity index (χ0v) is 9.59. The largest absolute Gasteiger partial charge is 0.330 e. The number of benzene rings is 1. The Morgan fingerprint density at radius 3 is 2.33 bits per heavy atom. The van der Waals surface area contributed by atoms with Crippen molar-refractivity contribution in [2.75, 3.05) is 6.54 Å². The Kier molecular flexibility index (Phi) is 4.28. The molecule has 1 nitrogen and oxygen atoms in total. The molecule has 1 atom stereocenters. The third-order valence-electron chi connectivity index (χ3n) is 2.89. The molecule has 0 radical (unpaired) electrons. The van der Waals surface area contributed by atoms with Gasteiger partial charge in [0.05, 0.1) is 0 Å². The van der Waals surface area contributed by atoms with Crippen molar-refractivity contribution in [3.8, 4) is 0 Å². The van der Waals surface area contributed by atoms with Crippen LogP contribution in [0.25, 0.3) is 0 Å². The van der Waals surface area contributed by atoms with E-state index in [0.717, 1.165) is 24.8 Å². The van der Waals surface area contributed by atoms with Gasteiger partial charge >= 0.3 is 0 Å². The van der Waals surface area contributed by atoms with Crippen LogP contribution in [0.1, 0.15) is 32.3 Å². The average molecular weight is 209 g/mol. The molecule has 1 aromatic rings. The lowest BCUT2D eigenvalue weighted by atomic mass is 9.80. The number of nitrogens with two attached hydrogens (primary N) is 1. The van der Waals surface area contributed by atoms with E-state index in [1.807, 2.05) is 12.1 Å². The summed E-state index contributed by atoms with van der Waals surface area (Å²) < 4.78 is 12.7. The molecule has 0 bridgehead atoms. The molecule has 1 unspecified atom stereocenters. The predicted molar refractivity (Wildman–Crippen MR) is 62.2 cm³/mol. The second-order valence-electron chi connectivity index (χ2n) is 4.57. The molecule has 1 aromatic carbocycles. The van der Waals surface area contributed by atoms with Crippen LogP contribution in [-0.2, 0) is 6.42 Å². The van der Waals surface area contributed by atoms with Gasteiger partial charge in [-0.25, -0.2) is 4.39 Å². The minimum absolute atomic E-state index is 0.145. The maximum Gasteiger partial charge on any atom is 0.123 e. The molecule has 1 rings (SSSR count). The topological polar surface area (TPSA) is 26.0 Å². The van der Waals surface area contributed by atoms with E-state index in [1.165, 1.54) is 12.1 Å². The predicted octanol–water partition coefficient (Wildman–Crippen LogP) is 3.13. The maximum absolute atomic E-state index is 12.7. The number of hydrogen-bond donors (Lipinski definition) is 1. The highest BCUT2D eigenvalue weighted by Gasteiger charge is 2.21. The van der Waals surface area contributed by atoms with E-state index >= 15 is 0 Å². The Morgan fingerprint density at radius 1 is 1.27 bits per heavy atom. The van der Waals surface area contributed by atoms with Gasteiger partial charge in [0.25, 0.3) is 0 Å². The maximum atomic E-state index is 12.7. The first-order valence-electron chi connectivity index (χ1n) is 5.54. The van der Waals surface area contributed by atoms with Crippen LogP contribution in [0.15, 0.2) is 24.3 Å². The van der Waals surface area contributed by atoms with E-state index in [2.05, 4.69) is 13.8 Å². The molecule has 2 N–H and O–H groups in total. The summed E-state index contributed by atoms with van der Waals surface area (Å²) in [5.74, 6) is -0.177. The van der Waals surface area contributed by atoms with E-state index in [-0.39, 0.29) is 11.2 Å². The molecule has 0 aliphatic heterocycles. The molecule has 0 saturated carbocycles.